The first kappa shape index (κ1) is 17.3. The molecule has 2 aromatic heterocycles. The van der Waals surface area contributed by atoms with Gasteiger partial charge in [0.1, 0.15) is 10.5 Å². The molecule has 1 fully saturated rings. The fourth-order valence-electron chi connectivity index (χ4n) is 3.61. The number of hydrogen-bond donors (Lipinski definition) is 0. The smallest absolute Gasteiger partial charge is 0.270 e. The van der Waals surface area contributed by atoms with Crippen molar-refractivity contribution in [3.63, 3.8) is 0 Å². The largest absolute Gasteiger partial charge is 0.335 e. The molecular weight excluding hydrogens is 342 g/mol. The van der Waals surface area contributed by atoms with E-state index in [4.69, 9.17) is 0 Å². The van der Waals surface area contributed by atoms with Gasteiger partial charge in [0, 0.05) is 38.1 Å². The number of likely N-dealkylation sites (N-methyl/N-ethyl adjacent to an activating group) is 1. The van der Waals surface area contributed by atoms with Gasteiger partial charge in [-0.2, -0.15) is 0 Å². The van der Waals surface area contributed by atoms with Gasteiger partial charge in [-0.05, 0) is 36.5 Å². The fourth-order valence-corrected chi connectivity index (χ4v) is 4.51. The SMILES string of the molecule is CCN1CCN(C(=O)c2cc3ccsc3n2Cc2ccc(C)cc2)CC1. The van der Waals surface area contributed by atoms with E-state index < -0.39 is 0 Å². The fraction of sp³-hybridized carbons (Fsp3) is 0.381. The van der Waals surface area contributed by atoms with Crippen molar-refractivity contribution in [2.45, 2.75) is 20.4 Å². The van der Waals surface area contributed by atoms with Crippen molar-refractivity contribution in [2.24, 2.45) is 0 Å². The lowest BCUT2D eigenvalue weighted by Gasteiger charge is -2.34. The van der Waals surface area contributed by atoms with Gasteiger partial charge in [0.25, 0.3) is 5.91 Å². The third-order valence-corrected chi connectivity index (χ3v) is 6.24. The highest BCUT2D eigenvalue weighted by Gasteiger charge is 2.25. The molecule has 26 heavy (non-hydrogen) atoms. The van der Waals surface area contributed by atoms with Crippen LogP contribution in [-0.4, -0.2) is 53.0 Å². The van der Waals surface area contributed by atoms with E-state index in [0.29, 0.717) is 0 Å². The average molecular weight is 368 g/mol. The summed E-state index contributed by atoms with van der Waals surface area (Å²) >= 11 is 1.71. The summed E-state index contributed by atoms with van der Waals surface area (Å²) in [6.07, 6.45) is 0. The zero-order valence-corrected chi connectivity index (χ0v) is 16.3. The Morgan fingerprint density at radius 2 is 1.81 bits per heavy atom. The van der Waals surface area contributed by atoms with E-state index in [-0.39, 0.29) is 5.91 Å². The van der Waals surface area contributed by atoms with Crippen LogP contribution in [0.5, 0.6) is 0 Å². The van der Waals surface area contributed by atoms with Gasteiger partial charge in [-0.25, -0.2) is 0 Å². The van der Waals surface area contributed by atoms with Crippen LogP contribution in [0.25, 0.3) is 10.2 Å². The summed E-state index contributed by atoms with van der Waals surface area (Å²) in [5.41, 5.74) is 3.30. The van der Waals surface area contributed by atoms with Crippen molar-refractivity contribution >= 4 is 27.5 Å². The van der Waals surface area contributed by atoms with Crippen LogP contribution in [-0.2, 0) is 6.54 Å². The lowest BCUT2D eigenvalue weighted by Crippen LogP contribution is -2.48. The van der Waals surface area contributed by atoms with E-state index in [1.165, 1.54) is 16.0 Å². The highest BCUT2D eigenvalue weighted by atomic mass is 32.1. The molecule has 0 unspecified atom stereocenters. The summed E-state index contributed by atoms with van der Waals surface area (Å²) < 4.78 is 2.19. The van der Waals surface area contributed by atoms with E-state index in [9.17, 15) is 4.79 Å². The Hall–Kier alpha value is -2.11. The molecule has 1 aromatic carbocycles. The maximum atomic E-state index is 13.2. The van der Waals surface area contributed by atoms with Gasteiger partial charge in [0.05, 0.1) is 0 Å². The van der Waals surface area contributed by atoms with Gasteiger partial charge in [-0.3, -0.25) is 4.79 Å². The van der Waals surface area contributed by atoms with Crippen molar-refractivity contribution in [1.29, 1.82) is 0 Å². The Morgan fingerprint density at radius 3 is 2.50 bits per heavy atom. The van der Waals surface area contributed by atoms with Crippen LogP contribution in [0.3, 0.4) is 0 Å². The second-order valence-electron chi connectivity index (χ2n) is 7.01. The number of amides is 1. The number of nitrogens with zero attached hydrogens (tertiary/aromatic N) is 3. The Labute approximate surface area is 158 Å². The summed E-state index contributed by atoms with van der Waals surface area (Å²) in [5, 5.41) is 3.27. The molecule has 1 aliphatic rings. The predicted molar refractivity (Wildman–Crippen MR) is 108 cm³/mol. The number of aromatic nitrogens is 1. The molecule has 4 nitrogen and oxygen atoms in total. The molecule has 1 aliphatic heterocycles. The topological polar surface area (TPSA) is 28.5 Å². The molecule has 1 amide bonds. The van der Waals surface area contributed by atoms with Crippen molar-refractivity contribution in [3.05, 3.63) is 58.6 Å². The van der Waals surface area contributed by atoms with Gasteiger partial charge in [0.15, 0.2) is 0 Å². The molecule has 0 N–H and O–H groups in total. The second-order valence-corrected chi connectivity index (χ2v) is 7.90. The highest BCUT2D eigenvalue weighted by Crippen LogP contribution is 2.27. The van der Waals surface area contributed by atoms with E-state index >= 15 is 0 Å². The molecule has 5 heteroatoms. The third-order valence-electron chi connectivity index (χ3n) is 5.29. The van der Waals surface area contributed by atoms with Crippen LogP contribution >= 0.6 is 11.3 Å². The summed E-state index contributed by atoms with van der Waals surface area (Å²) in [4.78, 5) is 18.8. The Kier molecular flexibility index (Phi) is 4.83. The van der Waals surface area contributed by atoms with Crippen LogP contribution in [0.2, 0.25) is 0 Å². The van der Waals surface area contributed by atoms with Gasteiger partial charge in [-0.1, -0.05) is 36.8 Å². The number of carbonyl (C=O) groups excluding carboxylic acids is 1. The maximum Gasteiger partial charge on any atom is 0.270 e. The normalized spacial score (nSPS) is 15.7. The number of piperazine rings is 1. The zero-order chi connectivity index (χ0) is 18.1. The van der Waals surface area contributed by atoms with Crippen molar-refractivity contribution < 1.29 is 4.79 Å². The molecule has 0 saturated carbocycles. The van der Waals surface area contributed by atoms with Crippen molar-refractivity contribution in [2.75, 3.05) is 32.7 Å². The first-order valence-corrected chi connectivity index (χ1v) is 10.2. The van der Waals surface area contributed by atoms with E-state index in [0.717, 1.165) is 50.3 Å². The summed E-state index contributed by atoms with van der Waals surface area (Å²) in [6, 6.07) is 12.8. The van der Waals surface area contributed by atoms with Crippen LogP contribution < -0.4 is 0 Å². The minimum absolute atomic E-state index is 0.163. The molecule has 136 valence electrons. The van der Waals surface area contributed by atoms with E-state index in [1.54, 1.807) is 11.3 Å². The second kappa shape index (κ2) is 7.25. The molecule has 1 saturated heterocycles. The summed E-state index contributed by atoms with van der Waals surface area (Å²) in [6.45, 7) is 9.64. The van der Waals surface area contributed by atoms with Gasteiger partial charge >= 0.3 is 0 Å². The lowest BCUT2D eigenvalue weighted by molar-refractivity contribution is 0.0634. The molecule has 0 bridgehead atoms. The number of carbonyl (C=O) groups is 1. The maximum absolute atomic E-state index is 13.2. The van der Waals surface area contributed by atoms with Crippen molar-refractivity contribution in [3.8, 4) is 0 Å². The Bertz CT molecular complexity index is 901. The molecule has 3 heterocycles. The number of fused-ring (bicyclic) bond motifs is 1. The minimum atomic E-state index is 0.163. The third kappa shape index (κ3) is 3.29. The van der Waals surface area contributed by atoms with E-state index in [1.807, 2.05) is 4.90 Å². The molecule has 0 atom stereocenters. The summed E-state index contributed by atoms with van der Waals surface area (Å²) in [5.74, 6) is 0.163. The van der Waals surface area contributed by atoms with Gasteiger partial charge in [0.2, 0.25) is 0 Å². The Morgan fingerprint density at radius 1 is 1.08 bits per heavy atom. The Balaban J connectivity index is 1.63. The molecule has 0 radical (unpaired) electrons. The minimum Gasteiger partial charge on any atom is -0.335 e. The predicted octanol–water partition coefficient (Wildman–Crippen LogP) is 3.84. The lowest BCUT2D eigenvalue weighted by atomic mass is 10.1. The van der Waals surface area contributed by atoms with Crippen LogP contribution in [0.15, 0.2) is 41.8 Å². The number of thiophene rings is 1. The van der Waals surface area contributed by atoms with Gasteiger partial charge in [-0.15, -0.1) is 11.3 Å². The van der Waals surface area contributed by atoms with Gasteiger partial charge < -0.3 is 14.4 Å². The number of rotatable bonds is 4. The molecular formula is C21H25N3OS. The molecule has 0 aliphatic carbocycles. The van der Waals surface area contributed by atoms with Crippen LogP contribution in [0, 0.1) is 6.92 Å². The first-order chi connectivity index (χ1) is 12.7. The van der Waals surface area contributed by atoms with E-state index in [2.05, 4.69) is 65.1 Å². The molecule has 4 rings (SSSR count). The quantitative estimate of drug-likeness (QED) is 0.701. The number of hydrogen-bond acceptors (Lipinski definition) is 3. The zero-order valence-electron chi connectivity index (χ0n) is 15.4. The monoisotopic (exact) mass is 367 g/mol. The first-order valence-electron chi connectivity index (χ1n) is 9.29. The number of aryl methyl sites for hydroxylation is 1. The number of benzene rings is 1. The highest BCUT2D eigenvalue weighted by molar-refractivity contribution is 7.16. The molecule has 0 spiro atoms. The summed E-state index contributed by atoms with van der Waals surface area (Å²) in [7, 11) is 0. The average Bonchev–Trinajstić information content (AvgIpc) is 3.25. The van der Waals surface area contributed by atoms with Crippen LogP contribution in [0.1, 0.15) is 28.5 Å². The van der Waals surface area contributed by atoms with Crippen molar-refractivity contribution in [1.82, 2.24) is 14.4 Å². The molecule has 3 aromatic rings. The standard InChI is InChI=1S/C21H25N3OS/c1-3-22-9-11-23(12-10-22)20(25)19-14-18-8-13-26-21(18)24(19)15-17-6-4-16(2)5-7-17/h4-8,13-14H,3,9-12,15H2,1-2H3. The van der Waals surface area contributed by atoms with Crippen LogP contribution in [0.4, 0.5) is 0 Å².